The van der Waals surface area contributed by atoms with Crippen LogP contribution in [0.5, 0.6) is 0 Å². The highest BCUT2D eigenvalue weighted by Gasteiger charge is 2.19. The van der Waals surface area contributed by atoms with Crippen LogP contribution in [-0.4, -0.2) is 6.54 Å². The first-order valence-electron chi connectivity index (χ1n) is 7.81. The molecule has 2 nitrogen and oxygen atoms in total. The second kappa shape index (κ2) is 6.97. The average molecular weight is 352 g/mol. The van der Waals surface area contributed by atoms with Crippen molar-refractivity contribution in [2.45, 2.75) is 40.7 Å². The van der Waals surface area contributed by atoms with Crippen LogP contribution in [0, 0.1) is 17.8 Å². The second-order valence-corrected chi connectivity index (χ2v) is 7.53. The maximum atomic E-state index is 5.95. The van der Waals surface area contributed by atoms with Crippen LogP contribution in [0.4, 0.5) is 0 Å². The molecule has 0 aliphatic heterocycles. The monoisotopic (exact) mass is 351 g/mol. The SMILES string of the molecule is CC(NCC(C(C)C)C(C)C)c1cc2cc(Br)ccc2o1. The highest BCUT2D eigenvalue weighted by molar-refractivity contribution is 9.10. The molecular weight excluding hydrogens is 326 g/mol. The van der Waals surface area contributed by atoms with E-state index in [0.29, 0.717) is 17.8 Å². The van der Waals surface area contributed by atoms with Gasteiger partial charge < -0.3 is 9.73 Å². The van der Waals surface area contributed by atoms with Gasteiger partial charge in [0, 0.05) is 9.86 Å². The molecule has 1 heterocycles. The van der Waals surface area contributed by atoms with E-state index in [2.05, 4.69) is 68.0 Å². The van der Waals surface area contributed by atoms with Crippen LogP contribution in [-0.2, 0) is 0 Å². The van der Waals surface area contributed by atoms with E-state index in [4.69, 9.17) is 4.42 Å². The van der Waals surface area contributed by atoms with E-state index in [0.717, 1.165) is 27.7 Å². The zero-order chi connectivity index (χ0) is 15.6. The highest BCUT2D eigenvalue weighted by Crippen LogP contribution is 2.27. The van der Waals surface area contributed by atoms with Crippen LogP contribution in [0.25, 0.3) is 11.0 Å². The molecule has 21 heavy (non-hydrogen) atoms. The average Bonchev–Trinajstić information content (AvgIpc) is 2.80. The minimum absolute atomic E-state index is 0.233. The number of nitrogens with one attached hydrogen (secondary N) is 1. The minimum atomic E-state index is 0.233. The Labute approximate surface area is 136 Å². The van der Waals surface area contributed by atoms with E-state index in [1.165, 1.54) is 0 Å². The van der Waals surface area contributed by atoms with Crippen molar-refractivity contribution < 1.29 is 4.42 Å². The van der Waals surface area contributed by atoms with E-state index in [1.54, 1.807) is 0 Å². The van der Waals surface area contributed by atoms with Gasteiger partial charge in [0.2, 0.25) is 0 Å². The van der Waals surface area contributed by atoms with Gasteiger partial charge in [0.25, 0.3) is 0 Å². The van der Waals surface area contributed by atoms with Crippen LogP contribution in [0.1, 0.15) is 46.4 Å². The summed E-state index contributed by atoms with van der Waals surface area (Å²) < 4.78 is 7.04. The third-order valence-electron chi connectivity index (χ3n) is 4.30. The van der Waals surface area contributed by atoms with Gasteiger partial charge in [-0.15, -0.1) is 0 Å². The summed E-state index contributed by atoms with van der Waals surface area (Å²) in [5.41, 5.74) is 0.950. The Morgan fingerprint density at radius 3 is 2.33 bits per heavy atom. The Balaban J connectivity index is 2.06. The molecule has 0 spiro atoms. The molecule has 0 amide bonds. The molecule has 0 saturated carbocycles. The van der Waals surface area contributed by atoms with Crippen molar-refractivity contribution in [3.05, 3.63) is 34.5 Å². The molecule has 116 valence electrons. The molecule has 1 aromatic heterocycles. The molecule has 1 N–H and O–H groups in total. The molecule has 0 bridgehead atoms. The Kier molecular flexibility index (Phi) is 5.50. The Morgan fingerprint density at radius 2 is 1.71 bits per heavy atom. The third-order valence-corrected chi connectivity index (χ3v) is 4.79. The molecule has 2 rings (SSSR count). The van der Waals surface area contributed by atoms with Crippen molar-refractivity contribution in [2.24, 2.45) is 17.8 Å². The quantitative estimate of drug-likeness (QED) is 0.713. The van der Waals surface area contributed by atoms with Crippen molar-refractivity contribution in [3.63, 3.8) is 0 Å². The molecule has 0 fully saturated rings. The number of furan rings is 1. The van der Waals surface area contributed by atoms with Crippen molar-refractivity contribution in [1.29, 1.82) is 0 Å². The third kappa shape index (κ3) is 4.10. The molecule has 1 aromatic carbocycles. The first-order valence-corrected chi connectivity index (χ1v) is 8.60. The van der Waals surface area contributed by atoms with Crippen LogP contribution in [0.2, 0.25) is 0 Å². The topological polar surface area (TPSA) is 25.2 Å². The second-order valence-electron chi connectivity index (χ2n) is 6.61. The Hall–Kier alpha value is -0.800. The van der Waals surface area contributed by atoms with Gasteiger partial charge in [0.1, 0.15) is 11.3 Å². The Bertz CT molecular complexity index is 580. The molecule has 1 atom stereocenters. The van der Waals surface area contributed by atoms with E-state index in [1.807, 2.05) is 12.1 Å². The smallest absolute Gasteiger partial charge is 0.134 e. The number of hydrogen-bond donors (Lipinski definition) is 1. The lowest BCUT2D eigenvalue weighted by Gasteiger charge is -2.26. The molecule has 0 radical (unpaired) electrons. The summed E-state index contributed by atoms with van der Waals surface area (Å²) in [7, 11) is 0. The number of hydrogen-bond acceptors (Lipinski definition) is 2. The predicted octanol–water partition coefficient (Wildman–Crippen LogP) is 5.77. The van der Waals surface area contributed by atoms with Gasteiger partial charge in [-0.1, -0.05) is 43.6 Å². The zero-order valence-electron chi connectivity index (χ0n) is 13.6. The minimum Gasteiger partial charge on any atom is -0.459 e. The summed E-state index contributed by atoms with van der Waals surface area (Å²) in [5.74, 6) is 3.08. The molecule has 1 unspecified atom stereocenters. The first kappa shape index (κ1) is 16.6. The van der Waals surface area contributed by atoms with E-state index in [-0.39, 0.29) is 6.04 Å². The number of fused-ring (bicyclic) bond motifs is 1. The standard InChI is InChI=1S/C18H26BrNO/c1-11(2)16(12(3)4)10-20-13(5)18-9-14-8-15(19)6-7-17(14)21-18/h6-9,11-13,16,20H,10H2,1-5H3. The number of rotatable bonds is 6. The van der Waals surface area contributed by atoms with Crippen molar-refractivity contribution in [1.82, 2.24) is 5.32 Å². The fourth-order valence-corrected chi connectivity index (χ4v) is 3.28. The van der Waals surface area contributed by atoms with Crippen LogP contribution >= 0.6 is 15.9 Å². The van der Waals surface area contributed by atoms with Gasteiger partial charge in [0.05, 0.1) is 6.04 Å². The summed E-state index contributed by atoms with van der Waals surface area (Å²) in [6, 6.07) is 8.50. The van der Waals surface area contributed by atoms with Crippen LogP contribution in [0.3, 0.4) is 0 Å². The largest absolute Gasteiger partial charge is 0.459 e. The van der Waals surface area contributed by atoms with Crippen molar-refractivity contribution in [3.8, 4) is 0 Å². The molecular formula is C18H26BrNO. The van der Waals surface area contributed by atoms with Gasteiger partial charge in [-0.3, -0.25) is 0 Å². The van der Waals surface area contributed by atoms with Crippen molar-refractivity contribution >= 4 is 26.9 Å². The van der Waals surface area contributed by atoms with Crippen LogP contribution < -0.4 is 5.32 Å². The van der Waals surface area contributed by atoms with Gasteiger partial charge in [0.15, 0.2) is 0 Å². The zero-order valence-corrected chi connectivity index (χ0v) is 15.2. The van der Waals surface area contributed by atoms with Gasteiger partial charge in [-0.25, -0.2) is 0 Å². The molecule has 0 saturated heterocycles. The maximum absolute atomic E-state index is 5.95. The number of halogens is 1. The maximum Gasteiger partial charge on any atom is 0.134 e. The first-order chi connectivity index (χ1) is 9.88. The summed E-state index contributed by atoms with van der Waals surface area (Å²) in [6.45, 7) is 12.4. The highest BCUT2D eigenvalue weighted by atomic mass is 79.9. The van der Waals surface area contributed by atoms with E-state index in [9.17, 15) is 0 Å². The van der Waals surface area contributed by atoms with Gasteiger partial charge >= 0.3 is 0 Å². The lowest BCUT2D eigenvalue weighted by atomic mass is 9.85. The Morgan fingerprint density at radius 1 is 1.05 bits per heavy atom. The lowest BCUT2D eigenvalue weighted by molar-refractivity contribution is 0.263. The van der Waals surface area contributed by atoms with Crippen molar-refractivity contribution in [2.75, 3.05) is 6.54 Å². The molecule has 3 heteroatoms. The summed E-state index contributed by atoms with van der Waals surface area (Å²) in [5, 5.41) is 4.78. The predicted molar refractivity (Wildman–Crippen MR) is 93.5 cm³/mol. The van der Waals surface area contributed by atoms with Crippen LogP contribution in [0.15, 0.2) is 33.2 Å². The number of benzene rings is 1. The molecule has 2 aromatic rings. The van der Waals surface area contributed by atoms with Gasteiger partial charge in [-0.05, 0) is 55.5 Å². The summed E-state index contributed by atoms with van der Waals surface area (Å²) in [4.78, 5) is 0. The summed E-state index contributed by atoms with van der Waals surface area (Å²) >= 11 is 3.50. The normalized spacial score (nSPS) is 13.8. The molecule has 0 aliphatic carbocycles. The van der Waals surface area contributed by atoms with E-state index >= 15 is 0 Å². The molecule has 0 aliphatic rings. The van der Waals surface area contributed by atoms with Gasteiger partial charge in [-0.2, -0.15) is 0 Å². The van der Waals surface area contributed by atoms with E-state index < -0.39 is 0 Å². The summed E-state index contributed by atoms with van der Waals surface area (Å²) in [6.07, 6.45) is 0. The lowest BCUT2D eigenvalue weighted by Crippen LogP contribution is -2.31. The fraction of sp³-hybridized carbons (Fsp3) is 0.556. The fourth-order valence-electron chi connectivity index (χ4n) is 2.90.